The van der Waals surface area contributed by atoms with Crippen LogP contribution in [0.25, 0.3) is 0 Å². The molecule has 0 spiro atoms. The predicted octanol–water partition coefficient (Wildman–Crippen LogP) is 3.76. The Hall–Kier alpha value is -1.35. The zero-order valence-corrected chi connectivity index (χ0v) is 18.5. The SMILES string of the molecule is CCNC(=NCC(O)c1ccc(Cl)cc1)NCCOCc1ccccc1.I. The van der Waals surface area contributed by atoms with Crippen molar-refractivity contribution in [1.82, 2.24) is 10.6 Å². The second-order valence-electron chi connectivity index (χ2n) is 5.75. The maximum absolute atomic E-state index is 10.2. The molecule has 0 aliphatic heterocycles. The first-order valence-electron chi connectivity index (χ1n) is 8.76. The molecule has 0 heterocycles. The van der Waals surface area contributed by atoms with Crippen molar-refractivity contribution in [3.8, 4) is 0 Å². The van der Waals surface area contributed by atoms with Crippen LogP contribution in [0, 0.1) is 0 Å². The van der Waals surface area contributed by atoms with Crippen molar-refractivity contribution in [3.05, 3.63) is 70.7 Å². The maximum atomic E-state index is 10.2. The lowest BCUT2D eigenvalue weighted by Gasteiger charge is -2.13. The minimum absolute atomic E-state index is 0. The normalized spacial score (nSPS) is 12.2. The third-order valence-electron chi connectivity index (χ3n) is 3.67. The first-order chi connectivity index (χ1) is 12.7. The summed E-state index contributed by atoms with van der Waals surface area (Å²) in [4.78, 5) is 4.42. The zero-order chi connectivity index (χ0) is 18.6. The van der Waals surface area contributed by atoms with E-state index in [0.717, 1.165) is 17.7 Å². The van der Waals surface area contributed by atoms with Gasteiger partial charge in [-0.3, -0.25) is 4.99 Å². The van der Waals surface area contributed by atoms with Gasteiger partial charge in [-0.1, -0.05) is 54.1 Å². The number of aliphatic hydroxyl groups is 1. The van der Waals surface area contributed by atoms with Crippen LogP contribution in [0.15, 0.2) is 59.6 Å². The van der Waals surface area contributed by atoms with E-state index in [2.05, 4.69) is 15.6 Å². The Kier molecular flexibility index (Phi) is 12.1. The zero-order valence-electron chi connectivity index (χ0n) is 15.4. The predicted molar refractivity (Wildman–Crippen MR) is 122 cm³/mol. The second-order valence-corrected chi connectivity index (χ2v) is 6.19. The summed E-state index contributed by atoms with van der Waals surface area (Å²) in [6.45, 7) is 4.80. The Labute approximate surface area is 183 Å². The molecule has 3 N–H and O–H groups in total. The molecule has 2 rings (SSSR count). The van der Waals surface area contributed by atoms with Gasteiger partial charge in [-0.25, -0.2) is 0 Å². The van der Waals surface area contributed by atoms with Crippen LogP contribution in [0.1, 0.15) is 24.2 Å². The highest BCUT2D eigenvalue weighted by molar-refractivity contribution is 14.0. The molecule has 1 unspecified atom stereocenters. The van der Waals surface area contributed by atoms with Crippen molar-refractivity contribution in [2.75, 3.05) is 26.2 Å². The number of hydrogen-bond acceptors (Lipinski definition) is 3. The average Bonchev–Trinajstić information content (AvgIpc) is 2.67. The van der Waals surface area contributed by atoms with Crippen molar-refractivity contribution < 1.29 is 9.84 Å². The van der Waals surface area contributed by atoms with E-state index in [1.807, 2.05) is 37.3 Å². The van der Waals surface area contributed by atoms with Gasteiger partial charge in [-0.05, 0) is 30.2 Å². The Morgan fingerprint density at radius 2 is 1.81 bits per heavy atom. The number of aliphatic imine (C=N–C) groups is 1. The Bertz CT molecular complexity index is 669. The van der Waals surface area contributed by atoms with Crippen molar-refractivity contribution in [2.45, 2.75) is 19.6 Å². The summed E-state index contributed by atoms with van der Waals surface area (Å²) in [5.74, 6) is 0.656. The van der Waals surface area contributed by atoms with Gasteiger partial charge >= 0.3 is 0 Å². The van der Waals surface area contributed by atoms with E-state index in [9.17, 15) is 5.11 Å². The summed E-state index contributed by atoms with van der Waals surface area (Å²) < 4.78 is 5.65. The molecule has 0 amide bonds. The molecule has 148 valence electrons. The molecule has 2 aromatic carbocycles. The van der Waals surface area contributed by atoms with Crippen LogP contribution in [0.3, 0.4) is 0 Å². The van der Waals surface area contributed by atoms with Crippen molar-refractivity contribution in [2.24, 2.45) is 4.99 Å². The van der Waals surface area contributed by atoms with Crippen LogP contribution in [0.4, 0.5) is 0 Å². The van der Waals surface area contributed by atoms with Crippen LogP contribution in [0.5, 0.6) is 0 Å². The van der Waals surface area contributed by atoms with Gasteiger partial charge in [0.15, 0.2) is 5.96 Å². The fourth-order valence-corrected chi connectivity index (χ4v) is 2.44. The highest BCUT2D eigenvalue weighted by atomic mass is 127. The molecule has 0 aliphatic rings. The van der Waals surface area contributed by atoms with E-state index in [0.29, 0.717) is 30.7 Å². The smallest absolute Gasteiger partial charge is 0.191 e. The van der Waals surface area contributed by atoms with Gasteiger partial charge in [0.1, 0.15) is 0 Å². The molecule has 1 atom stereocenters. The lowest BCUT2D eigenvalue weighted by atomic mass is 10.1. The molecule has 0 fully saturated rings. The molecule has 2 aromatic rings. The second kappa shape index (κ2) is 13.8. The van der Waals surface area contributed by atoms with Gasteiger partial charge in [0.05, 0.1) is 25.9 Å². The summed E-state index contributed by atoms with van der Waals surface area (Å²) in [5, 5.41) is 17.2. The largest absolute Gasteiger partial charge is 0.386 e. The van der Waals surface area contributed by atoms with Crippen molar-refractivity contribution in [3.63, 3.8) is 0 Å². The number of ether oxygens (including phenoxy) is 1. The molecular weight excluding hydrogens is 477 g/mol. The minimum Gasteiger partial charge on any atom is -0.386 e. The number of nitrogens with zero attached hydrogens (tertiary/aromatic N) is 1. The molecular formula is C20H27ClIN3O2. The molecule has 0 aromatic heterocycles. The van der Waals surface area contributed by atoms with Crippen LogP contribution < -0.4 is 10.6 Å². The number of hydrogen-bond donors (Lipinski definition) is 3. The molecule has 5 nitrogen and oxygen atoms in total. The van der Waals surface area contributed by atoms with Gasteiger partial charge in [-0.15, -0.1) is 24.0 Å². The van der Waals surface area contributed by atoms with Crippen molar-refractivity contribution in [1.29, 1.82) is 0 Å². The third-order valence-corrected chi connectivity index (χ3v) is 3.92. The molecule has 0 radical (unpaired) electrons. The summed E-state index contributed by atoms with van der Waals surface area (Å²) in [7, 11) is 0. The first kappa shape index (κ1) is 23.7. The number of nitrogens with one attached hydrogen (secondary N) is 2. The Morgan fingerprint density at radius 1 is 1.11 bits per heavy atom. The molecule has 0 bridgehead atoms. The number of rotatable bonds is 9. The number of guanidine groups is 1. The highest BCUT2D eigenvalue weighted by Gasteiger charge is 2.07. The molecule has 7 heteroatoms. The van der Waals surface area contributed by atoms with E-state index in [1.54, 1.807) is 24.3 Å². The highest BCUT2D eigenvalue weighted by Crippen LogP contribution is 2.16. The Balaban J connectivity index is 0.00000364. The average molecular weight is 504 g/mol. The number of benzene rings is 2. The van der Waals surface area contributed by atoms with Crippen LogP contribution >= 0.6 is 35.6 Å². The van der Waals surface area contributed by atoms with E-state index in [1.165, 1.54) is 0 Å². The van der Waals surface area contributed by atoms with Gasteiger partial charge < -0.3 is 20.5 Å². The molecule has 0 aliphatic carbocycles. The topological polar surface area (TPSA) is 65.9 Å². The minimum atomic E-state index is -0.669. The van der Waals surface area contributed by atoms with Crippen LogP contribution in [-0.2, 0) is 11.3 Å². The number of halogens is 2. The van der Waals surface area contributed by atoms with Crippen LogP contribution in [-0.4, -0.2) is 37.3 Å². The first-order valence-corrected chi connectivity index (χ1v) is 9.14. The van der Waals surface area contributed by atoms with Crippen LogP contribution in [0.2, 0.25) is 5.02 Å². The summed E-state index contributed by atoms with van der Waals surface area (Å²) in [6.07, 6.45) is -0.669. The monoisotopic (exact) mass is 503 g/mol. The van der Waals surface area contributed by atoms with Gasteiger partial charge in [0.25, 0.3) is 0 Å². The summed E-state index contributed by atoms with van der Waals surface area (Å²) >= 11 is 5.87. The quantitative estimate of drug-likeness (QED) is 0.211. The third kappa shape index (κ3) is 9.41. The lowest BCUT2D eigenvalue weighted by molar-refractivity contribution is 0.125. The fourth-order valence-electron chi connectivity index (χ4n) is 2.32. The molecule has 0 saturated heterocycles. The fraction of sp³-hybridized carbons (Fsp3) is 0.350. The van der Waals surface area contributed by atoms with E-state index in [-0.39, 0.29) is 30.5 Å². The summed E-state index contributed by atoms with van der Waals surface area (Å²) in [5.41, 5.74) is 1.94. The van der Waals surface area contributed by atoms with Gasteiger partial charge in [-0.2, -0.15) is 0 Å². The maximum Gasteiger partial charge on any atom is 0.191 e. The summed E-state index contributed by atoms with van der Waals surface area (Å²) in [6, 6.07) is 17.2. The number of aliphatic hydroxyl groups excluding tert-OH is 1. The molecule has 0 saturated carbocycles. The van der Waals surface area contributed by atoms with Crippen molar-refractivity contribution >= 4 is 41.5 Å². The Morgan fingerprint density at radius 3 is 2.48 bits per heavy atom. The standard InChI is InChI=1S/C20H26ClN3O2.HI/c1-2-22-20(23-12-13-26-15-16-6-4-3-5-7-16)24-14-19(25)17-8-10-18(21)11-9-17;/h3-11,19,25H,2,12-15H2,1H3,(H2,22,23,24);1H. The van der Waals surface area contributed by atoms with E-state index in [4.69, 9.17) is 16.3 Å². The van der Waals surface area contributed by atoms with E-state index >= 15 is 0 Å². The van der Waals surface area contributed by atoms with Gasteiger partial charge in [0.2, 0.25) is 0 Å². The van der Waals surface area contributed by atoms with E-state index < -0.39 is 6.10 Å². The lowest BCUT2D eigenvalue weighted by Crippen LogP contribution is -2.39. The van der Waals surface area contributed by atoms with Gasteiger partial charge in [0, 0.05) is 18.1 Å². The molecule has 27 heavy (non-hydrogen) atoms.